The lowest BCUT2D eigenvalue weighted by Gasteiger charge is -2.11. The van der Waals surface area contributed by atoms with E-state index < -0.39 is 9.84 Å². The van der Waals surface area contributed by atoms with Gasteiger partial charge in [-0.3, -0.25) is 0 Å². The number of benzene rings is 2. The van der Waals surface area contributed by atoms with Crippen molar-refractivity contribution in [2.24, 2.45) is 0 Å². The number of sulfone groups is 1. The normalized spacial score (nSPS) is 11.4. The summed E-state index contributed by atoms with van der Waals surface area (Å²) < 4.78 is 23.2. The van der Waals surface area contributed by atoms with Gasteiger partial charge >= 0.3 is 0 Å². The Bertz CT molecular complexity index is 753. The molecule has 0 atom stereocenters. The zero-order valence-electron chi connectivity index (χ0n) is 11.7. The third-order valence-electron chi connectivity index (χ3n) is 3.04. The summed E-state index contributed by atoms with van der Waals surface area (Å²) in [6.45, 7) is 2.42. The highest BCUT2D eigenvalue weighted by Gasteiger charge is 2.09. The molecule has 0 aromatic heterocycles. The van der Waals surface area contributed by atoms with E-state index in [-0.39, 0.29) is 0 Å². The van der Waals surface area contributed by atoms with Gasteiger partial charge in [-0.15, -0.1) is 0 Å². The average Bonchev–Trinajstić information content (AvgIpc) is 2.35. The third-order valence-corrected chi connectivity index (χ3v) is 4.59. The Hall–Kier alpha value is -1.23. The van der Waals surface area contributed by atoms with E-state index in [2.05, 4.69) is 5.32 Å². The maximum absolute atomic E-state index is 11.6. The second kappa shape index (κ2) is 6.26. The van der Waals surface area contributed by atoms with Crippen LogP contribution in [0.15, 0.2) is 41.3 Å². The molecule has 0 bridgehead atoms. The van der Waals surface area contributed by atoms with Crippen LogP contribution in [0.5, 0.6) is 0 Å². The Balaban J connectivity index is 2.23. The maximum Gasteiger partial charge on any atom is 0.175 e. The highest BCUT2D eigenvalue weighted by Crippen LogP contribution is 2.23. The van der Waals surface area contributed by atoms with Crippen LogP contribution < -0.4 is 5.32 Å². The van der Waals surface area contributed by atoms with Crippen molar-refractivity contribution in [2.45, 2.75) is 18.4 Å². The molecule has 0 amide bonds. The van der Waals surface area contributed by atoms with Crippen molar-refractivity contribution in [1.82, 2.24) is 0 Å². The summed E-state index contributed by atoms with van der Waals surface area (Å²) in [6.07, 6.45) is 1.19. The first kappa shape index (κ1) is 16.1. The molecule has 0 unspecified atom stereocenters. The van der Waals surface area contributed by atoms with Gasteiger partial charge in [0.05, 0.1) is 4.90 Å². The monoisotopic (exact) mass is 343 g/mol. The van der Waals surface area contributed by atoms with Crippen molar-refractivity contribution in [1.29, 1.82) is 0 Å². The fraction of sp³-hybridized carbons (Fsp3) is 0.200. The van der Waals surface area contributed by atoms with Crippen molar-refractivity contribution in [3.63, 3.8) is 0 Å². The van der Waals surface area contributed by atoms with E-state index in [0.717, 1.165) is 16.8 Å². The van der Waals surface area contributed by atoms with Gasteiger partial charge < -0.3 is 5.32 Å². The lowest BCUT2D eigenvalue weighted by Crippen LogP contribution is -2.04. The molecule has 2 aromatic carbocycles. The van der Waals surface area contributed by atoms with E-state index >= 15 is 0 Å². The summed E-state index contributed by atoms with van der Waals surface area (Å²) in [5, 5.41) is 4.36. The maximum atomic E-state index is 11.6. The summed E-state index contributed by atoms with van der Waals surface area (Å²) in [5.74, 6) is 0. The predicted octanol–water partition coefficient (Wildman–Crippen LogP) is 4.32. The first-order chi connectivity index (χ1) is 9.75. The van der Waals surface area contributed by atoms with Crippen LogP contribution in [0.25, 0.3) is 0 Å². The van der Waals surface area contributed by atoms with Gasteiger partial charge in [0, 0.05) is 28.5 Å². The molecular weight excluding hydrogens is 329 g/mol. The predicted molar refractivity (Wildman–Crippen MR) is 88.1 cm³/mol. The minimum Gasteiger partial charge on any atom is -0.381 e. The second-order valence-corrected chi connectivity index (χ2v) is 7.77. The Morgan fingerprint density at radius 3 is 2.24 bits per heavy atom. The number of halogens is 2. The zero-order valence-corrected chi connectivity index (χ0v) is 14.0. The van der Waals surface area contributed by atoms with Crippen LogP contribution in [0.3, 0.4) is 0 Å². The van der Waals surface area contributed by atoms with Crippen LogP contribution in [0.4, 0.5) is 5.69 Å². The molecule has 0 saturated heterocycles. The minimum absolute atomic E-state index is 0.291. The summed E-state index contributed by atoms with van der Waals surface area (Å²) in [5.41, 5.74) is 2.67. The fourth-order valence-electron chi connectivity index (χ4n) is 1.93. The molecule has 0 saturated carbocycles. The number of aryl methyl sites for hydroxylation is 1. The molecule has 0 aliphatic carbocycles. The zero-order chi connectivity index (χ0) is 15.6. The van der Waals surface area contributed by atoms with Crippen molar-refractivity contribution in [2.75, 3.05) is 11.6 Å². The topological polar surface area (TPSA) is 46.2 Å². The molecule has 0 heterocycles. The van der Waals surface area contributed by atoms with Crippen LogP contribution in [0.1, 0.15) is 11.1 Å². The molecule has 2 rings (SSSR count). The highest BCUT2D eigenvalue weighted by molar-refractivity contribution is 7.90. The molecule has 112 valence electrons. The number of hydrogen-bond acceptors (Lipinski definition) is 3. The van der Waals surface area contributed by atoms with Crippen LogP contribution in [0.2, 0.25) is 10.0 Å². The van der Waals surface area contributed by atoms with E-state index in [9.17, 15) is 8.42 Å². The molecule has 3 nitrogen and oxygen atoms in total. The second-order valence-electron chi connectivity index (χ2n) is 4.88. The van der Waals surface area contributed by atoms with Gasteiger partial charge in [0.2, 0.25) is 0 Å². The molecular formula is C15H15Cl2NO2S. The van der Waals surface area contributed by atoms with Gasteiger partial charge in [-0.25, -0.2) is 8.42 Å². The van der Waals surface area contributed by atoms with Gasteiger partial charge in [0.1, 0.15) is 0 Å². The lowest BCUT2D eigenvalue weighted by molar-refractivity contribution is 0.602. The Morgan fingerprint density at radius 1 is 1.05 bits per heavy atom. The Morgan fingerprint density at radius 2 is 1.67 bits per heavy atom. The molecule has 2 aromatic rings. The minimum atomic E-state index is -3.22. The van der Waals surface area contributed by atoms with Crippen molar-refractivity contribution >= 4 is 38.7 Å². The standard InChI is InChI=1S/C15H15Cl2NO2S/c1-10-3-4-14(21(2,19)20)8-15(10)18-9-11-5-12(16)7-13(17)6-11/h3-8,18H,9H2,1-2H3. The molecule has 21 heavy (non-hydrogen) atoms. The van der Waals surface area contributed by atoms with Gasteiger partial charge in [0.15, 0.2) is 9.84 Å². The van der Waals surface area contributed by atoms with Crippen LogP contribution in [0, 0.1) is 6.92 Å². The summed E-state index contributed by atoms with van der Waals surface area (Å²) >= 11 is 11.9. The average molecular weight is 344 g/mol. The molecule has 6 heteroatoms. The lowest BCUT2D eigenvalue weighted by atomic mass is 10.2. The van der Waals surface area contributed by atoms with Crippen LogP contribution in [-0.4, -0.2) is 14.7 Å². The van der Waals surface area contributed by atoms with Crippen molar-refractivity contribution in [3.8, 4) is 0 Å². The third kappa shape index (κ3) is 4.37. The van der Waals surface area contributed by atoms with E-state index in [1.165, 1.54) is 6.26 Å². The molecule has 1 N–H and O–H groups in total. The van der Waals surface area contributed by atoms with E-state index in [1.807, 2.05) is 19.1 Å². The van der Waals surface area contributed by atoms with Gasteiger partial charge in [-0.1, -0.05) is 29.3 Å². The number of hydrogen-bond donors (Lipinski definition) is 1. The smallest absolute Gasteiger partial charge is 0.175 e. The van der Waals surface area contributed by atoms with Crippen LogP contribution >= 0.6 is 23.2 Å². The largest absolute Gasteiger partial charge is 0.381 e. The van der Waals surface area contributed by atoms with Crippen LogP contribution in [-0.2, 0) is 16.4 Å². The summed E-state index contributed by atoms with van der Waals surface area (Å²) in [6, 6.07) is 10.3. The number of rotatable bonds is 4. The molecule has 0 aliphatic heterocycles. The first-order valence-electron chi connectivity index (χ1n) is 6.25. The molecule has 0 radical (unpaired) electrons. The number of nitrogens with one attached hydrogen (secondary N) is 1. The Labute approximate surface area is 134 Å². The quantitative estimate of drug-likeness (QED) is 0.899. The highest BCUT2D eigenvalue weighted by atomic mass is 35.5. The van der Waals surface area contributed by atoms with E-state index in [1.54, 1.807) is 24.3 Å². The SMILES string of the molecule is Cc1ccc(S(C)(=O)=O)cc1NCc1cc(Cl)cc(Cl)c1. The summed E-state index contributed by atoms with van der Waals surface area (Å²) in [7, 11) is -3.22. The van der Waals surface area contributed by atoms with E-state index in [4.69, 9.17) is 23.2 Å². The van der Waals surface area contributed by atoms with Crippen molar-refractivity contribution in [3.05, 3.63) is 57.6 Å². The van der Waals surface area contributed by atoms with Gasteiger partial charge in [-0.2, -0.15) is 0 Å². The molecule has 0 fully saturated rings. The molecule has 0 spiro atoms. The Kier molecular flexibility index (Phi) is 4.81. The molecule has 0 aliphatic rings. The first-order valence-corrected chi connectivity index (χ1v) is 8.90. The van der Waals surface area contributed by atoms with Gasteiger partial charge in [0.25, 0.3) is 0 Å². The number of anilines is 1. The van der Waals surface area contributed by atoms with Gasteiger partial charge in [-0.05, 0) is 48.4 Å². The fourth-order valence-corrected chi connectivity index (χ4v) is 3.15. The summed E-state index contributed by atoms with van der Waals surface area (Å²) in [4.78, 5) is 0.291. The van der Waals surface area contributed by atoms with Crippen molar-refractivity contribution < 1.29 is 8.42 Å². The van der Waals surface area contributed by atoms with E-state index in [0.29, 0.717) is 21.5 Å².